The summed E-state index contributed by atoms with van der Waals surface area (Å²) >= 11 is 3.61. The van der Waals surface area contributed by atoms with Crippen molar-refractivity contribution in [3.05, 3.63) is 11.6 Å². The van der Waals surface area contributed by atoms with E-state index in [1.807, 2.05) is 6.92 Å². The van der Waals surface area contributed by atoms with Crippen molar-refractivity contribution in [2.45, 2.75) is 43.2 Å². The van der Waals surface area contributed by atoms with Crippen LogP contribution in [0.25, 0.3) is 0 Å². The molecule has 2 fully saturated rings. The molecule has 1 spiro atoms. The molecule has 4 atom stereocenters. The van der Waals surface area contributed by atoms with Crippen LogP contribution in [0.15, 0.2) is 11.6 Å². The Labute approximate surface area is 93.5 Å². The van der Waals surface area contributed by atoms with E-state index < -0.39 is 0 Å². The van der Waals surface area contributed by atoms with Crippen molar-refractivity contribution in [2.24, 2.45) is 5.92 Å². The zero-order valence-electron chi connectivity index (χ0n) is 8.66. The molecule has 0 amide bonds. The van der Waals surface area contributed by atoms with Gasteiger partial charge in [0.15, 0.2) is 0 Å². The van der Waals surface area contributed by atoms with Crippen LogP contribution < -0.4 is 0 Å². The zero-order chi connectivity index (χ0) is 10.3. The van der Waals surface area contributed by atoms with Gasteiger partial charge in [-0.15, -0.1) is 0 Å². The van der Waals surface area contributed by atoms with Gasteiger partial charge in [0.05, 0.1) is 18.3 Å². The maximum absolute atomic E-state index is 9.82. The van der Waals surface area contributed by atoms with E-state index in [1.54, 1.807) is 0 Å². The normalized spacial score (nSPS) is 48.3. The second-order valence-electron chi connectivity index (χ2n) is 4.41. The molecule has 1 aliphatic carbocycles. The van der Waals surface area contributed by atoms with E-state index in [4.69, 9.17) is 4.74 Å². The van der Waals surface area contributed by atoms with Gasteiger partial charge in [-0.05, 0) is 26.7 Å². The van der Waals surface area contributed by atoms with Crippen molar-refractivity contribution in [3.63, 3.8) is 0 Å². The molecular weight excluding hydrogens is 244 g/mol. The van der Waals surface area contributed by atoms with Crippen molar-refractivity contribution in [1.82, 2.24) is 0 Å². The van der Waals surface area contributed by atoms with Gasteiger partial charge >= 0.3 is 0 Å². The SMILES string of the molecule is CC=C(C)C1C(Br)C(O)CCC12CO2. The Morgan fingerprint density at radius 3 is 2.79 bits per heavy atom. The number of aliphatic hydroxyl groups excluding tert-OH is 1. The van der Waals surface area contributed by atoms with Crippen LogP contribution in [0.2, 0.25) is 0 Å². The second-order valence-corrected chi connectivity index (χ2v) is 5.47. The molecule has 3 heteroatoms. The molecule has 0 radical (unpaired) electrons. The summed E-state index contributed by atoms with van der Waals surface area (Å²) in [5, 5.41) is 9.82. The van der Waals surface area contributed by atoms with E-state index in [0.29, 0.717) is 5.92 Å². The number of epoxide rings is 1. The molecular formula is C11H17BrO2. The van der Waals surface area contributed by atoms with E-state index in [1.165, 1.54) is 5.57 Å². The zero-order valence-corrected chi connectivity index (χ0v) is 10.3. The number of rotatable bonds is 1. The van der Waals surface area contributed by atoms with Gasteiger partial charge < -0.3 is 9.84 Å². The van der Waals surface area contributed by atoms with Gasteiger partial charge in [-0.3, -0.25) is 0 Å². The first-order chi connectivity index (χ1) is 6.60. The average molecular weight is 261 g/mol. The van der Waals surface area contributed by atoms with Crippen LogP contribution in [0, 0.1) is 5.92 Å². The van der Waals surface area contributed by atoms with Crippen LogP contribution in [0.1, 0.15) is 26.7 Å². The average Bonchev–Trinajstić information content (AvgIpc) is 2.93. The summed E-state index contributed by atoms with van der Waals surface area (Å²) in [4.78, 5) is 0.148. The summed E-state index contributed by atoms with van der Waals surface area (Å²) in [6.45, 7) is 5.03. The van der Waals surface area contributed by atoms with Crippen LogP contribution in [-0.4, -0.2) is 28.2 Å². The van der Waals surface area contributed by atoms with Crippen molar-refractivity contribution < 1.29 is 9.84 Å². The predicted molar refractivity (Wildman–Crippen MR) is 59.6 cm³/mol. The Morgan fingerprint density at radius 1 is 1.64 bits per heavy atom. The van der Waals surface area contributed by atoms with Crippen molar-refractivity contribution in [3.8, 4) is 0 Å². The minimum atomic E-state index is -0.232. The largest absolute Gasteiger partial charge is 0.392 e. The quantitative estimate of drug-likeness (QED) is 0.446. The lowest BCUT2D eigenvalue weighted by molar-refractivity contribution is 0.0711. The third-order valence-electron chi connectivity index (χ3n) is 3.58. The molecule has 1 N–H and O–H groups in total. The highest BCUT2D eigenvalue weighted by Crippen LogP contribution is 2.51. The lowest BCUT2D eigenvalue weighted by Gasteiger charge is -2.37. The van der Waals surface area contributed by atoms with E-state index >= 15 is 0 Å². The van der Waals surface area contributed by atoms with Gasteiger partial charge in [0, 0.05) is 10.7 Å². The van der Waals surface area contributed by atoms with Gasteiger partial charge in [-0.1, -0.05) is 27.6 Å². The third kappa shape index (κ3) is 1.55. The Morgan fingerprint density at radius 2 is 2.29 bits per heavy atom. The first-order valence-corrected chi connectivity index (χ1v) is 6.11. The highest BCUT2D eigenvalue weighted by atomic mass is 79.9. The molecule has 1 saturated carbocycles. The minimum Gasteiger partial charge on any atom is -0.392 e. The highest BCUT2D eigenvalue weighted by Gasteiger charge is 2.57. The van der Waals surface area contributed by atoms with E-state index in [9.17, 15) is 5.11 Å². The number of ether oxygens (including phenoxy) is 1. The molecule has 1 heterocycles. The summed E-state index contributed by atoms with van der Waals surface area (Å²) < 4.78 is 5.61. The van der Waals surface area contributed by atoms with Crippen LogP contribution in [0.4, 0.5) is 0 Å². The Bertz CT molecular complexity index is 258. The van der Waals surface area contributed by atoms with E-state index in [0.717, 1.165) is 19.4 Å². The summed E-state index contributed by atoms with van der Waals surface area (Å²) in [5.41, 5.74) is 1.37. The lowest BCUT2D eigenvalue weighted by atomic mass is 9.74. The first kappa shape index (κ1) is 10.7. The molecule has 0 bridgehead atoms. The fraction of sp³-hybridized carbons (Fsp3) is 0.818. The second kappa shape index (κ2) is 3.62. The number of hydrogen-bond acceptors (Lipinski definition) is 2. The number of alkyl halides is 1. The number of aliphatic hydroxyl groups is 1. The molecule has 0 aromatic heterocycles. The molecule has 0 aromatic carbocycles. The van der Waals surface area contributed by atoms with Gasteiger partial charge in [-0.25, -0.2) is 0 Å². The minimum absolute atomic E-state index is 0.0456. The fourth-order valence-corrected chi connectivity index (χ4v) is 3.64. The maximum Gasteiger partial charge on any atom is 0.0993 e. The van der Waals surface area contributed by atoms with Gasteiger partial charge in [-0.2, -0.15) is 0 Å². The first-order valence-electron chi connectivity index (χ1n) is 5.19. The summed E-state index contributed by atoms with van der Waals surface area (Å²) in [6.07, 6.45) is 3.74. The predicted octanol–water partition coefficient (Wildman–Crippen LogP) is 2.26. The van der Waals surface area contributed by atoms with Crippen LogP contribution in [-0.2, 0) is 4.74 Å². The monoisotopic (exact) mass is 260 g/mol. The van der Waals surface area contributed by atoms with Crippen molar-refractivity contribution >= 4 is 15.9 Å². The molecule has 1 saturated heterocycles. The smallest absolute Gasteiger partial charge is 0.0993 e. The lowest BCUT2D eigenvalue weighted by Crippen LogP contribution is -2.44. The summed E-state index contributed by atoms with van der Waals surface area (Å²) in [7, 11) is 0. The van der Waals surface area contributed by atoms with Crippen LogP contribution in [0.3, 0.4) is 0 Å². The molecule has 14 heavy (non-hydrogen) atoms. The van der Waals surface area contributed by atoms with Gasteiger partial charge in [0.1, 0.15) is 0 Å². The molecule has 2 aliphatic rings. The van der Waals surface area contributed by atoms with Crippen LogP contribution >= 0.6 is 15.9 Å². The Balaban J connectivity index is 2.23. The van der Waals surface area contributed by atoms with Crippen LogP contribution in [0.5, 0.6) is 0 Å². The van der Waals surface area contributed by atoms with E-state index in [2.05, 4.69) is 28.9 Å². The number of halogens is 1. The number of allylic oxidation sites excluding steroid dienone is 1. The van der Waals surface area contributed by atoms with Crippen molar-refractivity contribution in [1.29, 1.82) is 0 Å². The molecule has 0 aromatic rings. The van der Waals surface area contributed by atoms with Gasteiger partial charge in [0.2, 0.25) is 0 Å². The molecule has 4 unspecified atom stereocenters. The number of hydrogen-bond donors (Lipinski definition) is 1. The summed E-state index contributed by atoms with van der Waals surface area (Å²) in [6, 6.07) is 0. The molecule has 2 nitrogen and oxygen atoms in total. The fourth-order valence-electron chi connectivity index (χ4n) is 2.48. The third-order valence-corrected chi connectivity index (χ3v) is 4.72. The van der Waals surface area contributed by atoms with E-state index in [-0.39, 0.29) is 16.5 Å². The van der Waals surface area contributed by atoms with Gasteiger partial charge in [0.25, 0.3) is 0 Å². The highest BCUT2D eigenvalue weighted by molar-refractivity contribution is 9.09. The Hall–Kier alpha value is 0.140. The maximum atomic E-state index is 9.82. The topological polar surface area (TPSA) is 32.8 Å². The summed E-state index contributed by atoms with van der Waals surface area (Å²) in [5.74, 6) is 0.344. The molecule has 1 aliphatic heterocycles. The molecule has 2 rings (SSSR count). The Kier molecular flexibility index (Phi) is 2.75. The van der Waals surface area contributed by atoms with Crippen molar-refractivity contribution in [2.75, 3.05) is 6.61 Å². The molecule has 80 valence electrons. The standard InChI is InChI=1S/C11H17BrO2/c1-3-7(2)9-10(12)8(13)4-5-11(9)6-14-11/h3,8-10,13H,4-6H2,1-2H3.